The van der Waals surface area contributed by atoms with Crippen molar-refractivity contribution in [2.45, 2.75) is 0 Å². The standard InChI is InChI=1S/C13H10Cl3N3O3/c14-7-4-8(15)12(9(16)5-7)19-18-11(20)6-17-13(21)10-2-1-3-22-10/h1-5,19H,6H2,(H,17,21)(H,18,20). The molecule has 0 aliphatic carbocycles. The van der Waals surface area contributed by atoms with E-state index in [1.165, 1.54) is 24.5 Å². The summed E-state index contributed by atoms with van der Waals surface area (Å²) in [6, 6.07) is 6.00. The molecule has 2 aromatic rings. The van der Waals surface area contributed by atoms with Crippen LogP contribution in [0.2, 0.25) is 15.1 Å². The normalized spacial score (nSPS) is 10.1. The van der Waals surface area contributed by atoms with Crippen LogP contribution in [-0.4, -0.2) is 18.4 Å². The van der Waals surface area contributed by atoms with Crippen molar-refractivity contribution in [3.63, 3.8) is 0 Å². The van der Waals surface area contributed by atoms with Gasteiger partial charge in [0.15, 0.2) is 5.76 Å². The highest BCUT2D eigenvalue weighted by Crippen LogP contribution is 2.32. The number of halogens is 3. The van der Waals surface area contributed by atoms with Gasteiger partial charge in [-0.2, -0.15) is 0 Å². The molecule has 9 heteroatoms. The zero-order chi connectivity index (χ0) is 16.1. The van der Waals surface area contributed by atoms with Gasteiger partial charge in [-0.1, -0.05) is 34.8 Å². The fourth-order valence-electron chi connectivity index (χ4n) is 1.49. The van der Waals surface area contributed by atoms with Crippen LogP contribution in [0.25, 0.3) is 0 Å². The molecule has 2 rings (SSSR count). The molecule has 0 unspecified atom stereocenters. The van der Waals surface area contributed by atoms with E-state index in [9.17, 15) is 9.59 Å². The fourth-order valence-corrected chi connectivity index (χ4v) is 2.40. The molecule has 0 radical (unpaired) electrons. The van der Waals surface area contributed by atoms with Crippen molar-refractivity contribution in [1.29, 1.82) is 0 Å². The second-order valence-corrected chi connectivity index (χ2v) is 5.33. The number of anilines is 1. The van der Waals surface area contributed by atoms with Gasteiger partial charge in [-0.15, -0.1) is 0 Å². The average Bonchev–Trinajstić information content (AvgIpc) is 2.97. The highest BCUT2D eigenvalue weighted by Gasteiger charge is 2.11. The zero-order valence-electron chi connectivity index (χ0n) is 11.0. The summed E-state index contributed by atoms with van der Waals surface area (Å²) >= 11 is 17.7. The summed E-state index contributed by atoms with van der Waals surface area (Å²) in [5, 5.41) is 3.26. The van der Waals surface area contributed by atoms with Gasteiger partial charge in [0.05, 0.1) is 28.5 Å². The Balaban J connectivity index is 1.85. The predicted octanol–water partition coefficient (Wildman–Crippen LogP) is 3.11. The molecule has 0 atom stereocenters. The third-order valence-corrected chi connectivity index (χ3v) is 3.30. The summed E-state index contributed by atoms with van der Waals surface area (Å²) in [4.78, 5) is 23.2. The van der Waals surface area contributed by atoms with Gasteiger partial charge < -0.3 is 9.73 Å². The van der Waals surface area contributed by atoms with Crippen LogP contribution >= 0.6 is 34.8 Å². The molecule has 1 aromatic heterocycles. The highest BCUT2D eigenvalue weighted by molar-refractivity contribution is 6.41. The minimum absolute atomic E-state index is 0.115. The van der Waals surface area contributed by atoms with E-state index in [1.54, 1.807) is 6.07 Å². The SMILES string of the molecule is O=C(CNC(=O)c1ccco1)NNc1c(Cl)cc(Cl)cc1Cl. The number of carbonyl (C=O) groups excluding carboxylic acids is 2. The van der Waals surface area contributed by atoms with Crippen LogP contribution in [0.3, 0.4) is 0 Å². The van der Waals surface area contributed by atoms with Crippen molar-refractivity contribution in [3.8, 4) is 0 Å². The van der Waals surface area contributed by atoms with Gasteiger partial charge >= 0.3 is 0 Å². The first-order valence-electron chi connectivity index (χ1n) is 5.98. The van der Waals surface area contributed by atoms with Crippen molar-refractivity contribution in [3.05, 3.63) is 51.4 Å². The minimum Gasteiger partial charge on any atom is -0.459 e. The molecule has 0 aliphatic rings. The van der Waals surface area contributed by atoms with Crippen LogP contribution in [0.1, 0.15) is 10.6 Å². The number of hydrazine groups is 1. The second-order valence-electron chi connectivity index (χ2n) is 4.08. The molecule has 0 fully saturated rings. The van der Waals surface area contributed by atoms with Crippen molar-refractivity contribution < 1.29 is 14.0 Å². The maximum Gasteiger partial charge on any atom is 0.287 e. The lowest BCUT2D eigenvalue weighted by molar-refractivity contribution is -0.119. The summed E-state index contributed by atoms with van der Waals surface area (Å²) in [6.45, 7) is -0.255. The van der Waals surface area contributed by atoms with Gasteiger partial charge in [-0.3, -0.25) is 20.4 Å². The zero-order valence-corrected chi connectivity index (χ0v) is 13.2. The van der Waals surface area contributed by atoms with Crippen LogP contribution in [0.4, 0.5) is 5.69 Å². The lowest BCUT2D eigenvalue weighted by Gasteiger charge is -2.12. The molecule has 0 bridgehead atoms. The summed E-state index contributed by atoms with van der Waals surface area (Å²) in [7, 11) is 0. The van der Waals surface area contributed by atoms with Crippen LogP contribution in [0.5, 0.6) is 0 Å². The first-order valence-corrected chi connectivity index (χ1v) is 7.12. The Bertz CT molecular complexity index is 666. The fraction of sp³-hybridized carbons (Fsp3) is 0.0769. The minimum atomic E-state index is -0.498. The van der Waals surface area contributed by atoms with E-state index in [4.69, 9.17) is 39.2 Å². The van der Waals surface area contributed by atoms with Crippen LogP contribution in [0, 0.1) is 0 Å². The van der Waals surface area contributed by atoms with Gasteiger partial charge in [0.25, 0.3) is 11.8 Å². The van der Waals surface area contributed by atoms with Gasteiger partial charge in [-0.25, -0.2) is 0 Å². The molecule has 22 heavy (non-hydrogen) atoms. The quantitative estimate of drug-likeness (QED) is 0.714. The lowest BCUT2D eigenvalue weighted by Crippen LogP contribution is -2.39. The van der Waals surface area contributed by atoms with E-state index in [1.807, 2.05) is 0 Å². The van der Waals surface area contributed by atoms with E-state index in [-0.39, 0.29) is 22.4 Å². The number of benzene rings is 1. The summed E-state index contributed by atoms with van der Waals surface area (Å²) in [5.41, 5.74) is 5.23. The first-order chi connectivity index (χ1) is 10.5. The number of hydrogen-bond donors (Lipinski definition) is 3. The third-order valence-electron chi connectivity index (χ3n) is 2.49. The van der Waals surface area contributed by atoms with Crippen LogP contribution in [0.15, 0.2) is 34.9 Å². The molecular weight excluding hydrogens is 353 g/mol. The Morgan fingerprint density at radius 1 is 1.14 bits per heavy atom. The number of nitrogens with one attached hydrogen (secondary N) is 3. The number of carbonyl (C=O) groups is 2. The highest BCUT2D eigenvalue weighted by atomic mass is 35.5. The summed E-state index contributed by atoms with van der Waals surface area (Å²) in [5.74, 6) is -0.880. The Morgan fingerprint density at radius 3 is 2.41 bits per heavy atom. The first kappa shape index (κ1) is 16.5. The average molecular weight is 363 g/mol. The molecule has 0 saturated carbocycles. The van der Waals surface area contributed by atoms with E-state index in [0.29, 0.717) is 10.7 Å². The maximum absolute atomic E-state index is 11.6. The Hall–Kier alpha value is -1.89. The van der Waals surface area contributed by atoms with E-state index in [2.05, 4.69) is 16.2 Å². The molecule has 1 aromatic carbocycles. The summed E-state index contributed by atoms with van der Waals surface area (Å²) in [6.07, 6.45) is 1.36. The Morgan fingerprint density at radius 2 is 1.82 bits per heavy atom. The summed E-state index contributed by atoms with van der Waals surface area (Å²) < 4.78 is 4.89. The number of furan rings is 1. The number of rotatable bonds is 5. The molecule has 2 amide bonds. The Labute approximate surface area is 140 Å². The van der Waals surface area contributed by atoms with Crippen LogP contribution in [-0.2, 0) is 4.79 Å². The topological polar surface area (TPSA) is 83.4 Å². The van der Waals surface area contributed by atoms with Gasteiger partial charge in [0.1, 0.15) is 0 Å². The number of amides is 2. The Kier molecular flexibility index (Phi) is 5.54. The largest absolute Gasteiger partial charge is 0.459 e. The van der Waals surface area contributed by atoms with Crippen molar-refractivity contribution >= 4 is 52.3 Å². The van der Waals surface area contributed by atoms with E-state index in [0.717, 1.165) is 0 Å². The maximum atomic E-state index is 11.6. The molecule has 3 N–H and O–H groups in total. The van der Waals surface area contributed by atoms with Gasteiger partial charge in [0, 0.05) is 5.02 Å². The molecule has 1 heterocycles. The van der Waals surface area contributed by atoms with Crippen LogP contribution < -0.4 is 16.2 Å². The van der Waals surface area contributed by atoms with Crippen molar-refractivity contribution in [2.75, 3.05) is 12.0 Å². The predicted molar refractivity (Wildman–Crippen MR) is 84.3 cm³/mol. The van der Waals surface area contributed by atoms with E-state index < -0.39 is 11.8 Å². The van der Waals surface area contributed by atoms with E-state index >= 15 is 0 Å². The third kappa shape index (κ3) is 4.30. The molecule has 116 valence electrons. The second kappa shape index (κ2) is 7.40. The van der Waals surface area contributed by atoms with Gasteiger partial charge in [0.2, 0.25) is 0 Å². The molecule has 0 saturated heterocycles. The van der Waals surface area contributed by atoms with Crippen molar-refractivity contribution in [2.24, 2.45) is 0 Å². The monoisotopic (exact) mass is 361 g/mol. The molecule has 0 aliphatic heterocycles. The molecular formula is C13H10Cl3N3O3. The number of hydrogen-bond acceptors (Lipinski definition) is 4. The van der Waals surface area contributed by atoms with Crippen molar-refractivity contribution in [1.82, 2.24) is 10.7 Å². The molecule has 6 nitrogen and oxygen atoms in total. The van der Waals surface area contributed by atoms with Gasteiger partial charge in [-0.05, 0) is 24.3 Å². The molecule has 0 spiro atoms. The lowest BCUT2D eigenvalue weighted by atomic mass is 10.3. The smallest absolute Gasteiger partial charge is 0.287 e.